The third-order valence-corrected chi connectivity index (χ3v) is 2.46. The van der Waals surface area contributed by atoms with Crippen molar-refractivity contribution in [2.24, 2.45) is 5.73 Å². The third-order valence-electron chi connectivity index (χ3n) is 2.46. The number of carbonyl (C=O) groups excluding carboxylic acids is 1. The quantitative estimate of drug-likeness (QED) is 0.565. The Morgan fingerprint density at radius 3 is 3.08 bits per heavy atom. The van der Waals surface area contributed by atoms with Gasteiger partial charge in [0.05, 0.1) is 5.57 Å². The monoisotopic (exact) mass is 167 g/mol. The smallest absolute Gasteiger partial charge is 0.247 e. The summed E-state index contributed by atoms with van der Waals surface area (Å²) in [5.41, 5.74) is 10.3. The molecule has 0 saturated carbocycles. The molecule has 1 fully saturated rings. The van der Waals surface area contributed by atoms with Crippen molar-refractivity contribution in [3.05, 3.63) is 11.3 Å². The number of hydrogen-bond acceptors (Lipinski definition) is 3. The largest absolute Gasteiger partial charge is 0.366 e. The standard InChI is InChI=1S/C8H13N3O/c9-8(12)6-5-10-11-4-2-1-3-7(6)11/h10H,1-5H2,(H2,9,12). The molecule has 0 aromatic rings. The lowest BCUT2D eigenvalue weighted by Gasteiger charge is -2.26. The number of hydrazine groups is 1. The molecule has 0 atom stereocenters. The van der Waals surface area contributed by atoms with Gasteiger partial charge < -0.3 is 10.7 Å². The summed E-state index contributed by atoms with van der Waals surface area (Å²) < 4.78 is 0. The van der Waals surface area contributed by atoms with E-state index in [0.717, 1.165) is 24.2 Å². The molecule has 1 amide bonds. The van der Waals surface area contributed by atoms with Gasteiger partial charge in [-0.25, -0.2) is 5.43 Å². The average Bonchev–Trinajstić information content (AvgIpc) is 2.47. The number of rotatable bonds is 1. The molecule has 2 rings (SSSR count). The number of nitrogens with one attached hydrogen (secondary N) is 1. The van der Waals surface area contributed by atoms with Gasteiger partial charge in [-0.3, -0.25) is 4.79 Å². The van der Waals surface area contributed by atoms with Crippen molar-refractivity contribution >= 4 is 5.91 Å². The van der Waals surface area contributed by atoms with Crippen LogP contribution in [-0.2, 0) is 4.79 Å². The van der Waals surface area contributed by atoms with Gasteiger partial charge in [-0.05, 0) is 19.3 Å². The van der Waals surface area contributed by atoms with Crippen LogP contribution in [0.4, 0.5) is 0 Å². The molecule has 2 aliphatic rings. The van der Waals surface area contributed by atoms with Crippen molar-refractivity contribution < 1.29 is 4.79 Å². The van der Waals surface area contributed by atoms with Crippen molar-refractivity contribution in [3.63, 3.8) is 0 Å². The fourth-order valence-electron chi connectivity index (χ4n) is 1.83. The summed E-state index contributed by atoms with van der Waals surface area (Å²) in [5.74, 6) is -0.276. The molecule has 3 N–H and O–H groups in total. The van der Waals surface area contributed by atoms with Crippen LogP contribution in [-0.4, -0.2) is 24.0 Å². The van der Waals surface area contributed by atoms with Crippen molar-refractivity contribution in [3.8, 4) is 0 Å². The molecule has 2 heterocycles. The van der Waals surface area contributed by atoms with E-state index < -0.39 is 0 Å². The Balaban J connectivity index is 2.25. The van der Waals surface area contributed by atoms with Gasteiger partial charge in [0.15, 0.2) is 0 Å². The average molecular weight is 167 g/mol. The molecule has 4 heteroatoms. The summed E-state index contributed by atoms with van der Waals surface area (Å²) >= 11 is 0. The van der Waals surface area contributed by atoms with Gasteiger partial charge in [0.1, 0.15) is 0 Å². The zero-order chi connectivity index (χ0) is 8.55. The molecule has 2 aliphatic heterocycles. The van der Waals surface area contributed by atoms with E-state index in [4.69, 9.17) is 5.73 Å². The molecule has 1 saturated heterocycles. The lowest BCUT2D eigenvalue weighted by atomic mass is 10.1. The zero-order valence-electron chi connectivity index (χ0n) is 6.97. The minimum atomic E-state index is -0.276. The van der Waals surface area contributed by atoms with Gasteiger partial charge in [0.25, 0.3) is 0 Å². The van der Waals surface area contributed by atoms with E-state index in [1.165, 1.54) is 12.8 Å². The number of hydrogen-bond donors (Lipinski definition) is 2. The van der Waals surface area contributed by atoms with Gasteiger partial charge in [-0.1, -0.05) is 0 Å². The summed E-state index contributed by atoms with van der Waals surface area (Å²) in [7, 11) is 0. The second-order valence-electron chi connectivity index (χ2n) is 3.23. The zero-order valence-corrected chi connectivity index (χ0v) is 6.97. The van der Waals surface area contributed by atoms with Crippen LogP contribution in [0.1, 0.15) is 19.3 Å². The summed E-state index contributed by atoms with van der Waals surface area (Å²) in [6.07, 6.45) is 3.36. The molecule has 0 unspecified atom stereocenters. The second-order valence-corrected chi connectivity index (χ2v) is 3.23. The number of fused-ring (bicyclic) bond motifs is 1. The number of piperidine rings is 1. The van der Waals surface area contributed by atoms with Crippen molar-refractivity contribution in [1.29, 1.82) is 0 Å². The van der Waals surface area contributed by atoms with Crippen molar-refractivity contribution in [1.82, 2.24) is 10.4 Å². The SMILES string of the molecule is NC(=O)C1=C2CCCCN2NC1. The third kappa shape index (κ3) is 1.08. The lowest BCUT2D eigenvalue weighted by molar-refractivity contribution is -0.114. The predicted octanol–water partition coefficient (Wildman–Crippen LogP) is -0.270. The van der Waals surface area contributed by atoms with Crippen LogP contribution in [0.15, 0.2) is 11.3 Å². The summed E-state index contributed by atoms with van der Waals surface area (Å²) in [6.45, 7) is 1.62. The lowest BCUT2D eigenvalue weighted by Crippen LogP contribution is -2.34. The fourth-order valence-corrected chi connectivity index (χ4v) is 1.83. The van der Waals surface area contributed by atoms with Crippen molar-refractivity contribution in [2.45, 2.75) is 19.3 Å². The second kappa shape index (κ2) is 2.79. The topological polar surface area (TPSA) is 58.4 Å². The first-order valence-electron chi connectivity index (χ1n) is 4.32. The summed E-state index contributed by atoms with van der Waals surface area (Å²) in [5, 5.41) is 2.06. The maximum absolute atomic E-state index is 11.0. The Morgan fingerprint density at radius 1 is 1.50 bits per heavy atom. The molecule has 0 aromatic heterocycles. The number of amides is 1. The highest BCUT2D eigenvalue weighted by Crippen LogP contribution is 2.25. The van der Waals surface area contributed by atoms with Gasteiger partial charge in [-0.15, -0.1) is 0 Å². The molecule has 0 aromatic carbocycles. The Hall–Kier alpha value is -1.03. The van der Waals surface area contributed by atoms with Crippen LogP contribution < -0.4 is 11.2 Å². The number of nitrogens with zero attached hydrogens (tertiary/aromatic N) is 1. The Labute approximate surface area is 71.4 Å². The first kappa shape index (κ1) is 7.61. The number of carbonyl (C=O) groups is 1. The van der Waals surface area contributed by atoms with Crippen LogP contribution >= 0.6 is 0 Å². The molecular weight excluding hydrogens is 154 g/mol. The minimum Gasteiger partial charge on any atom is -0.366 e. The van der Waals surface area contributed by atoms with Crippen LogP contribution in [0.3, 0.4) is 0 Å². The molecule has 0 radical (unpaired) electrons. The number of nitrogens with two attached hydrogens (primary N) is 1. The molecule has 12 heavy (non-hydrogen) atoms. The van der Waals surface area contributed by atoms with E-state index in [9.17, 15) is 4.79 Å². The van der Waals surface area contributed by atoms with Crippen LogP contribution in [0.2, 0.25) is 0 Å². The number of primary amides is 1. The molecule has 0 spiro atoms. The molecule has 66 valence electrons. The maximum atomic E-state index is 11.0. The van der Waals surface area contributed by atoms with E-state index in [1.807, 2.05) is 0 Å². The summed E-state index contributed by atoms with van der Waals surface area (Å²) in [6, 6.07) is 0. The predicted molar refractivity (Wildman–Crippen MR) is 44.8 cm³/mol. The normalized spacial score (nSPS) is 22.8. The van der Waals surface area contributed by atoms with E-state index in [0.29, 0.717) is 6.54 Å². The number of allylic oxidation sites excluding steroid dienone is 1. The molecular formula is C8H13N3O. The van der Waals surface area contributed by atoms with E-state index in [1.54, 1.807) is 0 Å². The van der Waals surface area contributed by atoms with Crippen LogP contribution in [0.25, 0.3) is 0 Å². The molecule has 0 bridgehead atoms. The highest BCUT2D eigenvalue weighted by Gasteiger charge is 2.26. The van der Waals surface area contributed by atoms with Gasteiger partial charge in [0.2, 0.25) is 5.91 Å². The van der Waals surface area contributed by atoms with Gasteiger partial charge in [-0.2, -0.15) is 0 Å². The van der Waals surface area contributed by atoms with Gasteiger partial charge in [0, 0.05) is 18.8 Å². The Morgan fingerprint density at radius 2 is 2.33 bits per heavy atom. The Kier molecular flexibility index (Phi) is 1.77. The first-order valence-corrected chi connectivity index (χ1v) is 4.32. The van der Waals surface area contributed by atoms with E-state index in [2.05, 4.69) is 10.4 Å². The van der Waals surface area contributed by atoms with E-state index in [-0.39, 0.29) is 5.91 Å². The molecule has 4 nitrogen and oxygen atoms in total. The van der Waals surface area contributed by atoms with E-state index >= 15 is 0 Å². The highest BCUT2D eigenvalue weighted by molar-refractivity contribution is 5.93. The minimum absolute atomic E-state index is 0.276. The van der Waals surface area contributed by atoms with Crippen LogP contribution in [0.5, 0.6) is 0 Å². The first-order chi connectivity index (χ1) is 5.79. The fraction of sp³-hybridized carbons (Fsp3) is 0.625. The van der Waals surface area contributed by atoms with Crippen molar-refractivity contribution in [2.75, 3.05) is 13.1 Å². The highest BCUT2D eigenvalue weighted by atomic mass is 16.1. The van der Waals surface area contributed by atoms with Crippen LogP contribution in [0, 0.1) is 0 Å². The maximum Gasteiger partial charge on any atom is 0.247 e. The summed E-state index contributed by atoms with van der Waals surface area (Å²) in [4.78, 5) is 11.0. The van der Waals surface area contributed by atoms with Gasteiger partial charge >= 0.3 is 0 Å². The Bertz CT molecular complexity index is 247. The molecule has 0 aliphatic carbocycles.